The molecule has 20 heavy (non-hydrogen) atoms. The minimum atomic E-state index is 0.0849. The highest BCUT2D eigenvalue weighted by atomic mass is 32.2. The average Bonchev–Trinajstić information content (AvgIpc) is 2.92. The molecule has 0 spiro atoms. The monoisotopic (exact) mass is 296 g/mol. The summed E-state index contributed by atoms with van der Waals surface area (Å²) in [4.78, 5) is 13.8. The molecule has 4 nitrogen and oxygen atoms in total. The summed E-state index contributed by atoms with van der Waals surface area (Å²) in [5.41, 5.74) is 0. The van der Waals surface area contributed by atoms with E-state index >= 15 is 0 Å². The molecule has 1 aromatic heterocycles. The van der Waals surface area contributed by atoms with Crippen molar-refractivity contribution in [3.8, 4) is 0 Å². The molecule has 1 N–H and O–H groups in total. The van der Waals surface area contributed by atoms with Crippen LogP contribution in [0.1, 0.15) is 32.4 Å². The summed E-state index contributed by atoms with van der Waals surface area (Å²) in [6.07, 6.45) is 3.94. The SMILES string of the molecule is CC(C)NC(=O)N1CCC(CSCc2ccco2)CC1. The molecule has 2 amide bonds. The lowest BCUT2D eigenvalue weighted by Gasteiger charge is -2.32. The van der Waals surface area contributed by atoms with Gasteiger partial charge in [0.05, 0.1) is 12.0 Å². The Labute approximate surface area is 125 Å². The second kappa shape index (κ2) is 7.62. The van der Waals surface area contributed by atoms with Crippen molar-refractivity contribution in [2.75, 3.05) is 18.8 Å². The Kier molecular flexibility index (Phi) is 5.83. The summed E-state index contributed by atoms with van der Waals surface area (Å²) < 4.78 is 5.33. The van der Waals surface area contributed by atoms with Crippen molar-refractivity contribution >= 4 is 17.8 Å². The van der Waals surface area contributed by atoms with Crippen molar-refractivity contribution in [2.45, 2.75) is 38.5 Å². The van der Waals surface area contributed by atoms with Crippen molar-refractivity contribution in [3.05, 3.63) is 24.2 Å². The molecule has 112 valence electrons. The standard InChI is InChI=1S/C15H24N2O2S/c1-12(2)16-15(18)17-7-5-13(6-8-17)10-20-11-14-4-3-9-19-14/h3-4,9,12-13H,5-8,10-11H2,1-2H3,(H,16,18). The number of nitrogens with zero attached hydrogens (tertiary/aromatic N) is 1. The number of urea groups is 1. The lowest BCUT2D eigenvalue weighted by Crippen LogP contribution is -2.46. The summed E-state index contributed by atoms with van der Waals surface area (Å²) >= 11 is 1.92. The Hall–Kier alpha value is -1.10. The van der Waals surface area contributed by atoms with E-state index in [9.17, 15) is 4.79 Å². The maximum absolute atomic E-state index is 11.9. The second-order valence-corrected chi connectivity index (χ2v) is 6.66. The topological polar surface area (TPSA) is 45.5 Å². The van der Waals surface area contributed by atoms with E-state index in [4.69, 9.17) is 4.42 Å². The summed E-state index contributed by atoms with van der Waals surface area (Å²) in [5, 5.41) is 2.96. The molecule has 0 atom stereocenters. The van der Waals surface area contributed by atoms with E-state index in [1.165, 1.54) is 0 Å². The van der Waals surface area contributed by atoms with Crippen molar-refractivity contribution < 1.29 is 9.21 Å². The highest BCUT2D eigenvalue weighted by molar-refractivity contribution is 7.98. The zero-order chi connectivity index (χ0) is 14.4. The van der Waals surface area contributed by atoms with Crippen molar-refractivity contribution in [2.24, 2.45) is 5.92 Å². The number of thioether (sulfide) groups is 1. The third-order valence-electron chi connectivity index (χ3n) is 3.49. The fraction of sp³-hybridized carbons (Fsp3) is 0.667. The molecule has 2 rings (SSSR count). The Bertz CT molecular complexity index is 398. The fourth-order valence-corrected chi connectivity index (χ4v) is 3.51. The summed E-state index contributed by atoms with van der Waals surface area (Å²) in [6.45, 7) is 5.75. The number of likely N-dealkylation sites (tertiary alicyclic amines) is 1. The van der Waals surface area contributed by atoms with Crippen LogP contribution in [0.15, 0.2) is 22.8 Å². The van der Waals surface area contributed by atoms with Crippen LogP contribution in [-0.2, 0) is 5.75 Å². The molecule has 0 saturated carbocycles. The quantitative estimate of drug-likeness (QED) is 0.906. The van der Waals surface area contributed by atoms with Gasteiger partial charge in [-0.2, -0.15) is 11.8 Å². The molecule has 1 aliphatic rings. The van der Waals surface area contributed by atoms with Crippen LogP contribution < -0.4 is 5.32 Å². The van der Waals surface area contributed by atoms with Crippen LogP contribution in [0.3, 0.4) is 0 Å². The lowest BCUT2D eigenvalue weighted by atomic mass is 9.99. The maximum Gasteiger partial charge on any atom is 0.317 e. The molecule has 1 saturated heterocycles. The molecule has 5 heteroatoms. The van der Waals surface area contributed by atoms with E-state index in [0.29, 0.717) is 0 Å². The molecule has 0 radical (unpaired) electrons. The van der Waals surface area contributed by atoms with Gasteiger partial charge in [0.1, 0.15) is 5.76 Å². The van der Waals surface area contributed by atoms with E-state index in [1.807, 2.05) is 42.6 Å². The van der Waals surface area contributed by atoms with Crippen LogP contribution >= 0.6 is 11.8 Å². The molecule has 2 heterocycles. The van der Waals surface area contributed by atoms with Gasteiger partial charge in [-0.25, -0.2) is 4.79 Å². The summed E-state index contributed by atoms with van der Waals surface area (Å²) in [7, 11) is 0. The molecule has 0 bridgehead atoms. The van der Waals surface area contributed by atoms with Crippen LogP contribution in [-0.4, -0.2) is 35.8 Å². The highest BCUT2D eigenvalue weighted by Crippen LogP contribution is 2.23. The van der Waals surface area contributed by atoms with Gasteiger partial charge in [0, 0.05) is 19.1 Å². The maximum atomic E-state index is 11.9. The van der Waals surface area contributed by atoms with Gasteiger partial charge in [-0.15, -0.1) is 0 Å². The van der Waals surface area contributed by atoms with Gasteiger partial charge in [-0.1, -0.05) is 0 Å². The third-order valence-corrected chi connectivity index (χ3v) is 4.69. The second-order valence-electron chi connectivity index (χ2n) is 5.63. The largest absolute Gasteiger partial charge is 0.468 e. The lowest BCUT2D eigenvalue weighted by molar-refractivity contribution is 0.172. The van der Waals surface area contributed by atoms with Gasteiger partial charge < -0.3 is 14.6 Å². The first-order chi connectivity index (χ1) is 9.65. The molecule has 0 aromatic carbocycles. The smallest absolute Gasteiger partial charge is 0.317 e. The van der Waals surface area contributed by atoms with Crippen molar-refractivity contribution in [3.63, 3.8) is 0 Å². The number of furan rings is 1. The number of hydrogen-bond acceptors (Lipinski definition) is 3. The first-order valence-corrected chi connectivity index (χ1v) is 8.46. The first kappa shape index (κ1) is 15.3. The molecule has 0 unspecified atom stereocenters. The Morgan fingerprint density at radius 3 is 2.85 bits per heavy atom. The minimum absolute atomic E-state index is 0.0849. The van der Waals surface area contributed by atoms with Crippen LogP contribution in [0.2, 0.25) is 0 Å². The van der Waals surface area contributed by atoms with Crippen molar-refractivity contribution in [1.82, 2.24) is 10.2 Å². The van der Waals surface area contributed by atoms with Crippen LogP contribution in [0.25, 0.3) is 0 Å². The predicted molar refractivity (Wildman–Crippen MR) is 82.8 cm³/mol. The van der Waals surface area contributed by atoms with Crippen LogP contribution in [0, 0.1) is 5.92 Å². The van der Waals surface area contributed by atoms with E-state index in [2.05, 4.69) is 5.32 Å². The van der Waals surface area contributed by atoms with Gasteiger partial charge in [-0.3, -0.25) is 0 Å². The number of nitrogens with one attached hydrogen (secondary N) is 1. The van der Waals surface area contributed by atoms with Crippen molar-refractivity contribution in [1.29, 1.82) is 0 Å². The number of carbonyl (C=O) groups excluding carboxylic acids is 1. The molecule has 1 aromatic rings. The molecule has 1 aliphatic heterocycles. The minimum Gasteiger partial charge on any atom is -0.468 e. The normalized spacial score (nSPS) is 16.6. The first-order valence-electron chi connectivity index (χ1n) is 7.30. The van der Waals surface area contributed by atoms with Crippen LogP contribution in [0.4, 0.5) is 4.79 Å². The average molecular weight is 296 g/mol. The van der Waals surface area contributed by atoms with Gasteiger partial charge in [0.25, 0.3) is 0 Å². The number of amides is 2. The summed E-state index contributed by atoms with van der Waals surface area (Å²) in [5.74, 6) is 3.86. The van der Waals surface area contributed by atoms with Gasteiger partial charge >= 0.3 is 6.03 Å². The molecular weight excluding hydrogens is 272 g/mol. The Balaban J connectivity index is 1.63. The van der Waals surface area contributed by atoms with E-state index in [-0.39, 0.29) is 12.1 Å². The molecular formula is C15H24N2O2S. The Morgan fingerprint density at radius 1 is 1.50 bits per heavy atom. The Morgan fingerprint density at radius 2 is 2.25 bits per heavy atom. The predicted octanol–water partition coefficient (Wildman–Crippen LogP) is 3.34. The number of hydrogen-bond donors (Lipinski definition) is 1. The summed E-state index contributed by atoms with van der Waals surface area (Å²) in [6, 6.07) is 4.25. The van der Waals surface area contributed by atoms with Gasteiger partial charge in [0.15, 0.2) is 0 Å². The van der Waals surface area contributed by atoms with E-state index < -0.39 is 0 Å². The van der Waals surface area contributed by atoms with E-state index in [0.717, 1.165) is 49.1 Å². The third kappa shape index (κ3) is 4.78. The molecule has 0 aliphatic carbocycles. The fourth-order valence-electron chi connectivity index (χ4n) is 2.36. The number of rotatable bonds is 5. The number of carbonyl (C=O) groups is 1. The van der Waals surface area contributed by atoms with E-state index in [1.54, 1.807) is 6.26 Å². The molecule has 1 fully saturated rings. The highest BCUT2D eigenvalue weighted by Gasteiger charge is 2.22. The zero-order valence-corrected chi connectivity index (χ0v) is 13.1. The van der Waals surface area contributed by atoms with Gasteiger partial charge in [0.2, 0.25) is 0 Å². The van der Waals surface area contributed by atoms with Crippen LogP contribution in [0.5, 0.6) is 0 Å². The number of piperidine rings is 1. The zero-order valence-electron chi connectivity index (χ0n) is 12.3. The van der Waals surface area contributed by atoms with Gasteiger partial charge in [-0.05, 0) is 50.5 Å².